The van der Waals surface area contributed by atoms with E-state index in [9.17, 15) is 14.4 Å². The first-order valence-electron chi connectivity index (χ1n) is 5.73. The number of carbonyl (C=O) groups is 3. The van der Waals surface area contributed by atoms with Crippen LogP contribution >= 0.6 is 0 Å². The Morgan fingerprint density at radius 2 is 2.05 bits per heavy atom. The maximum absolute atomic E-state index is 11.6. The van der Waals surface area contributed by atoms with E-state index in [1.165, 1.54) is 0 Å². The minimum Gasteiger partial charge on any atom is -0.477 e. The summed E-state index contributed by atoms with van der Waals surface area (Å²) in [6.45, 7) is 4.18. The number of carbonyl (C=O) groups excluding carboxylic acids is 2. The predicted molar refractivity (Wildman–Crippen MR) is 65.7 cm³/mol. The number of aromatic nitrogens is 2. The molecule has 2 amide bonds. The van der Waals surface area contributed by atoms with Crippen LogP contribution in [-0.4, -0.2) is 45.9 Å². The zero-order chi connectivity index (χ0) is 14.4. The minimum atomic E-state index is -1.29. The van der Waals surface area contributed by atoms with Gasteiger partial charge in [0.05, 0.1) is 12.9 Å². The number of carboxylic acids is 1. The predicted octanol–water partition coefficient (Wildman–Crippen LogP) is -0.390. The zero-order valence-electron chi connectivity index (χ0n) is 10.7. The maximum Gasteiger partial charge on any atom is 0.354 e. The number of nitrogens with one attached hydrogen (secondary N) is 3. The maximum atomic E-state index is 11.6. The lowest BCUT2D eigenvalue weighted by atomic mass is 10.2. The number of hydrogen-bond acceptors (Lipinski definition) is 4. The number of imidazole rings is 1. The van der Waals surface area contributed by atoms with E-state index in [0.717, 1.165) is 6.33 Å². The van der Waals surface area contributed by atoms with Crippen molar-refractivity contribution in [3.8, 4) is 0 Å². The summed E-state index contributed by atoms with van der Waals surface area (Å²) in [6.07, 6.45) is 1.11. The van der Waals surface area contributed by atoms with Gasteiger partial charge >= 0.3 is 5.97 Å². The number of amides is 2. The van der Waals surface area contributed by atoms with Crippen molar-refractivity contribution in [3.63, 3.8) is 0 Å². The molecule has 0 spiro atoms. The molecule has 0 aliphatic carbocycles. The van der Waals surface area contributed by atoms with Gasteiger partial charge in [-0.05, 0) is 5.92 Å². The molecule has 19 heavy (non-hydrogen) atoms. The van der Waals surface area contributed by atoms with Crippen molar-refractivity contribution < 1.29 is 19.5 Å². The Kier molecular flexibility index (Phi) is 5.04. The third-order valence-electron chi connectivity index (χ3n) is 2.19. The average Bonchev–Trinajstić information content (AvgIpc) is 2.82. The van der Waals surface area contributed by atoms with Crippen molar-refractivity contribution in [1.82, 2.24) is 20.6 Å². The van der Waals surface area contributed by atoms with Gasteiger partial charge in [-0.3, -0.25) is 9.59 Å². The van der Waals surface area contributed by atoms with E-state index in [-0.39, 0.29) is 23.8 Å². The van der Waals surface area contributed by atoms with Crippen LogP contribution in [0.3, 0.4) is 0 Å². The average molecular weight is 268 g/mol. The highest BCUT2D eigenvalue weighted by Crippen LogP contribution is 2.01. The van der Waals surface area contributed by atoms with Crippen molar-refractivity contribution in [3.05, 3.63) is 17.7 Å². The lowest BCUT2D eigenvalue weighted by Gasteiger charge is -2.08. The van der Waals surface area contributed by atoms with Crippen LogP contribution in [0.4, 0.5) is 0 Å². The molecule has 8 nitrogen and oxygen atoms in total. The number of aromatic amines is 1. The Morgan fingerprint density at radius 1 is 1.37 bits per heavy atom. The molecule has 8 heteroatoms. The number of hydrogen-bond donors (Lipinski definition) is 4. The number of nitrogens with zero attached hydrogens (tertiary/aromatic N) is 1. The molecule has 1 aromatic rings. The molecular weight excluding hydrogens is 252 g/mol. The van der Waals surface area contributed by atoms with E-state index in [0.29, 0.717) is 12.5 Å². The molecule has 0 aliphatic rings. The molecule has 0 radical (unpaired) electrons. The van der Waals surface area contributed by atoms with E-state index < -0.39 is 11.9 Å². The van der Waals surface area contributed by atoms with Crippen LogP contribution < -0.4 is 10.6 Å². The molecule has 1 rings (SSSR count). The second-order valence-electron chi connectivity index (χ2n) is 4.31. The fourth-order valence-electron chi connectivity index (χ4n) is 1.25. The normalized spacial score (nSPS) is 10.3. The lowest BCUT2D eigenvalue weighted by Crippen LogP contribution is -2.38. The third-order valence-corrected chi connectivity index (χ3v) is 2.19. The van der Waals surface area contributed by atoms with E-state index in [1.807, 2.05) is 13.8 Å². The summed E-state index contributed by atoms with van der Waals surface area (Å²) in [5.41, 5.74) is -0.552. The Balaban J connectivity index is 2.49. The summed E-state index contributed by atoms with van der Waals surface area (Å²) in [7, 11) is 0. The summed E-state index contributed by atoms with van der Waals surface area (Å²) < 4.78 is 0. The topological polar surface area (TPSA) is 124 Å². The molecule has 104 valence electrons. The quantitative estimate of drug-likeness (QED) is 0.559. The fraction of sp³-hybridized carbons (Fsp3) is 0.455. The summed E-state index contributed by atoms with van der Waals surface area (Å²) in [5, 5.41) is 13.7. The van der Waals surface area contributed by atoms with Gasteiger partial charge in [0.15, 0.2) is 11.4 Å². The molecule has 4 N–H and O–H groups in total. The number of H-pyrrole nitrogens is 1. The lowest BCUT2D eigenvalue weighted by molar-refractivity contribution is -0.120. The molecule has 0 saturated carbocycles. The Morgan fingerprint density at radius 3 is 2.63 bits per heavy atom. The van der Waals surface area contributed by atoms with Gasteiger partial charge in [-0.1, -0.05) is 13.8 Å². The molecular formula is C11H16N4O4. The smallest absolute Gasteiger partial charge is 0.354 e. The van der Waals surface area contributed by atoms with Crippen LogP contribution in [0.2, 0.25) is 0 Å². The Hall–Kier alpha value is -2.38. The highest BCUT2D eigenvalue weighted by molar-refractivity contribution is 6.03. The van der Waals surface area contributed by atoms with Crippen molar-refractivity contribution in [2.45, 2.75) is 13.8 Å². The van der Waals surface area contributed by atoms with Crippen LogP contribution in [0.5, 0.6) is 0 Å². The van der Waals surface area contributed by atoms with Gasteiger partial charge in [0.2, 0.25) is 5.91 Å². The largest absolute Gasteiger partial charge is 0.477 e. The van der Waals surface area contributed by atoms with Gasteiger partial charge < -0.3 is 20.7 Å². The van der Waals surface area contributed by atoms with Gasteiger partial charge in [-0.2, -0.15) is 0 Å². The van der Waals surface area contributed by atoms with E-state index in [2.05, 4.69) is 20.6 Å². The van der Waals surface area contributed by atoms with Crippen molar-refractivity contribution >= 4 is 17.8 Å². The minimum absolute atomic E-state index is 0.225. The molecule has 1 aromatic heterocycles. The van der Waals surface area contributed by atoms with Gasteiger partial charge in [0.25, 0.3) is 5.91 Å². The molecule has 0 aromatic carbocycles. The number of aromatic carboxylic acids is 1. The van der Waals surface area contributed by atoms with Gasteiger partial charge in [-0.25, -0.2) is 9.78 Å². The summed E-state index contributed by atoms with van der Waals surface area (Å²) in [5.74, 6) is -2.02. The number of carboxylic acid groups (broad SMARTS) is 1. The highest BCUT2D eigenvalue weighted by atomic mass is 16.4. The molecule has 0 fully saturated rings. The van der Waals surface area contributed by atoms with Crippen LogP contribution in [0, 0.1) is 5.92 Å². The first kappa shape index (κ1) is 14.7. The van der Waals surface area contributed by atoms with Crippen molar-refractivity contribution in [1.29, 1.82) is 0 Å². The Bertz CT molecular complexity index is 481. The summed E-state index contributed by atoms with van der Waals surface area (Å²) >= 11 is 0. The Labute approximate surface area is 109 Å². The zero-order valence-corrected chi connectivity index (χ0v) is 10.7. The van der Waals surface area contributed by atoms with E-state index in [1.54, 1.807) is 0 Å². The molecule has 0 bridgehead atoms. The van der Waals surface area contributed by atoms with Crippen LogP contribution in [-0.2, 0) is 4.79 Å². The second-order valence-corrected chi connectivity index (χ2v) is 4.31. The second kappa shape index (κ2) is 6.53. The van der Waals surface area contributed by atoms with Crippen LogP contribution in [0.15, 0.2) is 6.33 Å². The first-order valence-corrected chi connectivity index (χ1v) is 5.73. The molecule has 1 heterocycles. The third kappa shape index (κ3) is 4.41. The molecule has 0 aliphatic heterocycles. The van der Waals surface area contributed by atoms with Crippen LogP contribution in [0.25, 0.3) is 0 Å². The first-order chi connectivity index (χ1) is 8.91. The molecule has 0 unspecified atom stereocenters. The summed E-state index contributed by atoms with van der Waals surface area (Å²) in [6, 6.07) is 0. The standard InChI is InChI=1S/C11H16N4O4/c1-6(2)3-12-7(16)4-13-10(17)8-9(11(18)19)15-5-14-8/h5-6H,3-4H2,1-2H3,(H,12,16)(H,13,17)(H,14,15)(H,18,19). The number of rotatable bonds is 6. The van der Waals surface area contributed by atoms with Gasteiger partial charge in [0.1, 0.15) is 0 Å². The fourth-order valence-corrected chi connectivity index (χ4v) is 1.25. The van der Waals surface area contributed by atoms with Crippen LogP contribution in [0.1, 0.15) is 34.8 Å². The summed E-state index contributed by atoms with van der Waals surface area (Å²) in [4.78, 5) is 39.7. The van der Waals surface area contributed by atoms with Crippen molar-refractivity contribution in [2.75, 3.05) is 13.1 Å². The van der Waals surface area contributed by atoms with Crippen molar-refractivity contribution in [2.24, 2.45) is 5.92 Å². The highest BCUT2D eigenvalue weighted by Gasteiger charge is 2.19. The van der Waals surface area contributed by atoms with Gasteiger partial charge in [0, 0.05) is 6.54 Å². The molecule has 0 saturated heterocycles. The monoisotopic (exact) mass is 268 g/mol. The molecule has 0 atom stereocenters. The SMILES string of the molecule is CC(C)CNC(=O)CNC(=O)c1nc[nH]c1C(=O)O. The van der Waals surface area contributed by atoms with E-state index in [4.69, 9.17) is 5.11 Å². The van der Waals surface area contributed by atoms with E-state index >= 15 is 0 Å². The van der Waals surface area contributed by atoms with Gasteiger partial charge in [-0.15, -0.1) is 0 Å².